The van der Waals surface area contributed by atoms with Crippen LogP contribution in [0.2, 0.25) is 0 Å². The average molecular weight is 749 g/mol. The fraction of sp³-hybridized carbons (Fsp3) is 0.395. The summed E-state index contributed by atoms with van der Waals surface area (Å²) in [6.07, 6.45) is -1.14. The van der Waals surface area contributed by atoms with E-state index in [0.29, 0.717) is 35.6 Å². The van der Waals surface area contributed by atoms with Crippen molar-refractivity contribution in [2.45, 2.75) is 58.1 Å². The van der Waals surface area contributed by atoms with Gasteiger partial charge in [0.1, 0.15) is 23.4 Å². The standard InChI is InChI=1S/C38H43F3N8O5/c1-22(2)33(47-37(52)53-4)36(51)49-16-5-6-30(49)34-44-21-29(46-34)25-9-7-24(8-10-25)28-13-12-27(18-31(28)54-38(39,40)41)45-35(50)26-11-14-32(43-20-26)48-17-15-42-19-23(48)3/h7-14,18,20-23,30,33,42H,5-6,15-17,19H2,1-4H3,(H,44,46)(H,45,50)(H,47,52)/t23?,30?,33-/m0/s1. The predicted molar refractivity (Wildman–Crippen MR) is 196 cm³/mol. The number of alkyl halides is 3. The average Bonchev–Trinajstić information content (AvgIpc) is 3.84. The molecule has 0 radical (unpaired) electrons. The van der Waals surface area contributed by atoms with E-state index >= 15 is 0 Å². The number of carbonyl (C=O) groups is 3. The van der Waals surface area contributed by atoms with E-state index in [1.54, 1.807) is 47.5 Å². The molecule has 286 valence electrons. The second kappa shape index (κ2) is 16.2. The maximum atomic E-state index is 13.6. The van der Waals surface area contributed by atoms with Crippen molar-refractivity contribution in [1.82, 2.24) is 30.5 Å². The van der Waals surface area contributed by atoms with E-state index in [-0.39, 0.29) is 40.7 Å². The second-order valence-electron chi connectivity index (χ2n) is 13.7. The molecule has 3 atom stereocenters. The van der Waals surface area contributed by atoms with E-state index in [2.05, 4.69) is 47.5 Å². The molecule has 4 heterocycles. The third-order valence-electron chi connectivity index (χ3n) is 9.62. The molecule has 6 rings (SSSR count). The summed E-state index contributed by atoms with van der Waals surface area (Å²) in [6, 6.07) is 13.4. The van der Waals surface area contributed by atoms with Crippen LogP contribution in [0.5, 0.6) is 5.75 Å². The molecular formula is C38H43F3N8O5. The van der Waals surface area contributed by atoms with Crippen molar-refractivity contribution in [2.24, 2.45) is 5.92 Å². The van der Waals surface area contributed by atoms with E-state index in [0.717, 1.165) is 37.9 Å². The summed E-state index contributed by atoms with van der Waals surface area (Å²) in [6.45, 7) is 8.70. The molecule has 0 bridgehead atoms. The monoisotopic (exact) mass is 748 g/mol. The highest BCUT2D eigenvalue weighted by Crippen LogP contribution is 2.38. The number of likely N-dealkylation sites (tertiary alicyclic amines) is 1. The molecule has 2 saturated heterocycles. The third-order valence-corrected chi connectivity index (χ3v) is 9.62. The highest BCUT2D eigenvalue weighted by atomic mass is 19.4. The van der Waals surface area contributed by atoms with Crippen molar-refractivity contribution in [3.63, 3.8) is 0 Å². The number of methoxy groups -OCH3 is 1. The Morgan fingerprint density at radius 1 is 0.981 bits per heavy atom. The van der Waals surface area contributed by atoms with Gasteiger partial charge in [-0.3, -0.25) is 9.59 Å². The van der Waals surface area contributed by atoms with Gasteiger partial charge < -0.3 is 40.2 Å². The van der Waals surface area contributed by atoms with E-state index < -0.39 is 30.2 Å². The maximum absolute atomic E-state index is 13.6. The smallest absolute Gasteiger partial charge is 0.453 e. The predicted octanol–water partition coefficient (Wildman–Crippen LogP) is 6.13. The Hall–Kier alpha value is -5.64. The number of aromatic nitrogens is 3. The number of halogens is 3. The van der Waals surface area contributed by atoms with E-state index in [1.165, 1.54) is 25.4 Å². The molecule has 2 aliphatic rings. The van der Waals surface area contributed by atoms with E-state index in [9.17, 15) is 27.6 Å². The van der Waals surface area contributed by atoms with Gasteiger partial charge in [-0.05, 0) is 61.1 Å². The van der Waals surface area contributed by atoms with Crippen molar-refractivity contribution in [3.8, 4) is 28.1 Å². The molecular weight excluding hydrogens is 705 g/mol. The van der Waals surface area contributed by atoms with Crippen LogP contribution in [0.1, 0.15) is 55.8 Å². The first kappa shape index (κ1) is 38.1. The Morgan fingerprint density at radius 3 is 2.41 bits per heavy atom. The Labute approximate surface area is 310 Å². The number of benzene rings is 2. The van der Waals surface area contributed by atoms with Gasteiger partial charge in [-0.25, -0.2) is 14.8 Å². The molecule has 2 aromatic heterocycles. The van der Waals surface area contributed by atoms with Gasteiger partial charge in [-0.2, -0.15) is 0 Å². The van der Waals surface area contributed by atoms with Crippen molar-refractivity contribution < 1.29 is 37.0 Å². The van der Waals surface area contributed by atoms with Crippen LogP contribution in [0.15, 0.2) is 67.0 Å². The molecule has 2 fully saturated rings. The van der Waals surface area contributed by atoms with Crippen molar-refractivity contribution in [1.29, 1.82) is 0 Å². The third kappa shape index (κ3) is 8.76. The van der Waals surface area contributed by atoms with Crippen molar-refractivity contribution >= 4 is 29.4 Å². The minimum absolute atomic E-state index is 0.115. The number of pyridine rings is 1. The molecule has 4 aromatic rings. The van der Waals surface area contributed by atoms with Crippen LogP contribution < -0.4 is 25.6 Å². The lowest BCUT2D eigenvalue weighted by Crippen LogP contribution is -2.51. The Bertz CT molecular complexity index is 1950. The van der Waals surface area contributed by atoms with Gasteiger partial charge in [0.2, 0.25) is 5.91 Å². The summed E-state index contributed by atoms with van der Waals surface area (Å²) in [5, 5.41) is 8.60. The summed E-state index contributed by atoms with van der Waals surface area (Å²) in [7, 11) is 1.24. The summed E-state index contributed by atoms with van der Waals surface area (Å²) in [4.78, 5) is 54.6. The zero-order chi connectivity index (χ0) is 38.6. The fourth-order valence-electron chi connectivity index (χ4n) is 6.80. The molecule has 0 spiro atoms. The largest absolute Gasteiger partial charge is 0.573 e. The van der Waals surface area contributed by atoms with Crippen LogP contribution in [-0.2, 0) is 9.53 Å². The van der Waals surface area contributed by atoms with E-state index in [4.69, 9.17) is 4.74 Å². The minimum atomic E-state index is -4.98. The van der Waals surface area contributed by atoms with Gasteiger partial charge in [-0.1, -0.05) is 38.1 Å². The van der Waals surface area contributed by atoms with Crippen molar-refractivity contribution in [2.75, 3.05) is 43.5 Å². The quantitative estimate of drug-likeness (QED) is 0.150. The lowest BCUT2D eigenvalue weighted by atomic mass is 10.0. The van der Waals surface area contributed by atoms with Gasteiger partial charge in [-0.15, -0.1) is 13.2 Å². The summed E-state index contributed by atoms with van der Waals surface area (Å²) in [5.41, 5.74) is 2.35. The van der Waals surface area contributed by atoms with Crippen LogP contribution in [0.3, 0.4) is 0 Å². The number of nitrogens with one attached hydrogen (secondary N) is 4. The summed E-state index contributed by atoms with van der Waals surface area (Å²) in [5.74, 6) is -0.0880. The van der Waals surface area contributed by atoms with Crippen LogP contribution in [0.25, 0.3) is 22.4 Å². The number of amides is 3. The number of carbonyl (C=O) groups excluding carboxylic acids is 3. The SMILES string of the molecule is COC(=O)N[C@H](C(=O)N1CCCC1c1ncc(-c2ccc(-c3ccc(NC(=O)c4ccc(N5CCNCC5C)nc4)cc3OC(F)(F)F)cc2)[nH]1)C(C)C. The zero-order valence-electron chi connectivity index (χ0n) is 30.4. The topological polar surface area (TPSA) is 154 Å². The molecule has 0 saturated carbocycles. The number of hydrogen-bond donors (Lipinski definition) is 4. The Kier molecular flexibility index (Phi) is 11.4. The lowest BCUT2D eigenvalue weighted by molar-refractivity contribution is -0.274. The molecule has 54 heavy (non-hydrogen) atoms. The fourth-order valence-corrected chi connectivity index (χ4v) is 6.80. The van der Waals surface area contributed by atoms with Gasteiger partial charge in [0.25, 0.3) is 5.91 Å². The molecule has 2 aliphatic heterocycles. The number of H-pyrrole nitrogens is 1. The molecule has 4 N–H and O–H groups in total. The first-order chi connectivity index (χ1) is 25.8. The Balaban J connectivity index is 1.17. The summed E-state index contributed by atoms with van der Waals surface area (Å²) < 4.78 is 49.9. The zero-order valence-corrected chi connectivity index (χ0v) is 30.4. The molecule has 3 amide bonds. The second-order valence-corrected chi connectivity index (χ2v) is 13.7. The van der Waals surface area contributed by atoms with E-state index in [1.807, 2.05) is 13.8 Å². The number of hydrogen-bond acceptors (Lipinski definition) is 9. The number of piperazine rings is 1. The number of anilines is 2. The van der Waals surface area contributed by atoms with Gasteiger partial charge in [0.15, 0.2) is 0 Å². The number of aromatic amines is 1. The normalized spacial score (nSPS) is 18.0. The van der Waals surface area contributed by atoms with Gasteiger partial charge in [0.05, 0.1) is 30.6 Å². The van der Waals surface area contributed by atoms with Gasteiger partial charge >= 0.3 is 12.5 Å². The minimum Gasteiger partial charge on any atom is -0.453 e. The highest BCUT2D eigenvalue weighted by molar-refractivity contribution is 6.04. The van der Waals surface area contributed by atoms with Crippen LogP contribution >= 0.6 is 0 Å². The summed E-state index contributed by atoms with van der Waals surface area (Å²) >= 11 is 0. The molecule has 13 nitrogen and oxygen atoms in total. The molecule has 16 heteroatoms. The highest BCUT2D eigenvalue weighted by Gasteiger charge is 2.37. The van der Waals surface area contributed by atoms with Crippen LogP contribution in [0, 0.1) is 5.92 Å². The number of rotatable bonds is 10. The maximum Gasteiger partial charge on any atom is 0.573 e. The van der Waals surface area contributed by atoms with Crippen LogP contribution in [-0.4, -0.2) is 89.5 Å². The number of imidazole rings is 1. The number of nitrogens with zero attached hydrogens (tertiary/aromatic N) is 4. The molecule has 2 aromatic carbocycles. The number of alkyl carbamates (subject to hydrolysis) is 1. The van der Waals surface area contributed by atoms with Crippen molar-refractivity contribution in [3.05, 3.63) is 78.4 Å². The van der Waals surface area contributed by atoms with Gasteiger partial charge in [0, 0.05) is 55.7 Å². The van der Waals surface area contributed by atoms with Crippen LogP contribution in [0.4, 0.5) is 29.5 Å². The molecule has 0 aliphatic carbocycles. The number of ether oxygens (including phenoxy) is 2. The molecule has 2 unspecified atom stereocenters. The lowest BCUT2D eigenvalue weighted by Gasteiger charge is -2.34. The first-order valence-electron chi connectivity index (χ1n) is 17.8. The first-order valence-corrected chi connectivity index (χ1v) is 17.8. The Morgan fingerprint density at radius 2 is 1.74 bits per heavy atom.